The van der Waals surface area contributed by atoms with Crippen molar-refractivity contribution in [3.63, 3.8) is 0 Å². The lowest BCUT2D eigenvalue weighted by molar-refractivity contribution is -0.520. The van der Waals surface area contributed by atoms with Crippen LogP contribution < -0.4 is 0 Å². The lowest BCUT2D eigenvalue weighted by atomic mass is 10.1. The van der Waals surface area contributed by atoms with Crippen molar-refractivity contribution in [1.29, 1.82) is 0 Å². The van der Waals surface area contributed by atoms with Crippen LogP contribution in [-0.2, 0) is 9.47 Å². The van der Waals surface area contributed by atoms with Crippen molar-refractivity contribution in [3.05, 3.63) is 0 Å². The third-order valence-electron chi connectivity index (χ3n) is 2.32. The molecule has 0 aliphatic heterocycles. The molecular weight excluding hydrogens is 335 g/mol. The summed E-state index contributed by atoms with van der Waals surface area (Å²) in [5.41, 5.74) is -2.13. The Morgan fingerprint density at radius 1 is 0.545 bits per heavy atom. The van der Waals surface area contributed by atoms with Crippen molar-refractivity contribution in [2.45, 2.75) is 70.1 Å². The molecule has 0 saturated carbocycles. The molecule has 1 atom stereocenters. The molecule has 134 valence electrons. The first kappa shape index (κ1) is 21.3. The molecule has 0 aliphatic carbocycles. The molecule has 0 aromatic rings. The second kappa shape index (κ2) is 5.43. The monoisotopic (exact) mass is 350 g/mol. The molecule has 0 bridgehead atoms. The Morgan fingerprint density at radius 3 is 1.05 bits per heavy atom. The highest BCUT2D eigenvalue weighted by atomic mass is 19.4. The van der Waals surface area contributed by atoms with Gasteiger partial charge in [0.05, 0.1) is 5.60 Å². The van der Waals surface area contributed by atoms with E-state index < -0.39 is 35.5 Å². The fourth-order valence-corrected chi connectivity index (χ4v) is 1.20. The first-order chi connectivity index (χ1) is 9.16. The average Bonchev–Trinajstić information content (AvgIpc) is 2.07. The van der Waals surface area contributed by atoms with Gasteiger partial charge in [-0.3, -0.25) is 4.74 Å². The molecule has 0 rings (SSSR count). The van der Waals surface area contributed by atoms with Crippen LogP contribution in [0.2, 0.25) is 0 Å². The summed E-state index contributed by atoms with van der Waals surface area (Å²) >= 11 is 0. The van der Waals surface area contributed by atoms with E-state index in [4.69, 9.17) is 0 Å². The number of ether oxygens (including phenoxy) is 2. The molecule has 0 aliphatic rings. The maximum atomic E-state index is 13.7. The van der Waals surface area contributed by atoms with Gasteiger partial charge >= 0.3 is 24.1 Å². The van der Waals surface area contributed by atoms with Crippen molar-refractivity contribution in [2.24, 2.45) is 0 Å². The second-order valence-electron chi connectivity index (χ2n) is 5.73. The number of alkyl halides is 9. The van der Waals surface area contributed by atoms with Crippen molar-refractivity contribution in [1.82, 2.24) is 0 Å². The molecular formula is C11H15F9O2. The summed E-state index contributed by atoms with van der Waals surface area (Å²) in [5.74, 6) is -14.8. The predicted octanol–water partition coefficient (Wildman–Crippen LogP) is 4.98. The normalized spacial score (nSPS) is 18.3. The Bertz CT molecular complexity index is 370. The smallest absolute Gasteiger partial charge is 0.330 e. The molecule has 1 unspecified atom stereocenters. The summed E-state index contributed by atoms with van der Waals surface area (Å²) in [5, 5.41) is 0. The zero-order valence-electron chi connectivity index (χ0n) is 12.2. The summed E-state index contributed by atoms with van der Waals surface area (Å²) in [7, 11) is 0. The van der Waals surface area contributed by atoms with Gasteiger partial charge in [0.15, 0.2) is 0 Å². The summed E-state index contributed by atoms with van der Waals surface area (Å²) in [6.07, 6.45) is -12.7. The number of halogens is 9. The number of hydrogen-bond acceptors (Lipinski definition) is 2. The van der Waals surface area contributed by atoms with E-state index in [0.29, 0.717) is 0 Å². The van der Waals surface area contributed by atoms with Crippen LogP contribution in [0.25, 0.3) is 0 Å². The van der Waals surface area contributed by atoms with Gasteiger partial charge in [-0.15, -0.1) is 0 Å². The number of hydrogen-bond donors (Lipinski definition) is 0. The second-order valence-corrected chi connectivity index (χ2v) is 5.73. The first-order valence-corrected chi connectivity index (χ1v) is 5.77. The zero-order chi connectivity index (χ0) is 18.4. The van der Waals surface area contributed by atoms with Gasteiger partial charge < -0.3 is 4.74 Å². The van der Waals surface area contributed by atoms with Gasteiger partial charge in [0.25, 0.3) is 5.85 Å². The molecule has 0 spiro atoms. The van der Waals surface area contributed by atoms with Gasteiger partial charge in [-0.2, -0.15) is 26.3 Å². The highest BCUT2D eigenvalue weighted by Gasteiger charge is 2.78. The minimum Gasteiger partial charge on any atom is -0.330 e. The molecule has 0 N–H and O–H groups in total. The standard InChI is InChI=1S/C11H15F9O2/c1-6(2,3)21-9(10(15,16)17,11(18,19)20)22-8(5,14)7(4,12)13/h1-5H3. The quantitative estimate of drug-likeness (QED) is 0.526. The first-order valence-electron chi connectivity index (χ1n) is 5.77. The fraction of sp³-hybridized carbons (Fsp3) is 1.00. The summed E-state index contributed by atoms with van der Waals surface area (Å²) in [4.78, 5) is 0. The lowest BCUT2D eigenvalue weighted by Gasteiger charge is -2.44. The van der Waals surface area contributed by atoms with Gasteiger partial charge in [0, 0.05) is 13.8 Å². The van der Waals surface area contributed by atoms with Crippen molar-refractivity contribution in [3.8, 4) is 0 Å². The van der Waals surface area contributed by atoms with Gasteiger partial charge in [0.2, 0.25) is 0 Å². The van der Waals surface area contributed by atoms with Crippen LogP contribution in [0.4, 0.5) is 39.5 Å². The van der Waals surface area contributed by atoms with Gasteiger partial charge in [-0.25, -0.2) is 13.2 Å². The van der Waals surface area contributed by atoms with E-state index in [0.717, 1.165) is 20.8 Å². The summed E-state index contributed by atoms with van der Waals surface area (Å²) < 4.78 is 124. The third kappa shape index (κ3) is 4.40. The van der Waals surface area contributed by atoms with Gasteiger partial charge in [-0.05, 0) is 20.8 Å². The largest absolute Gasteiger partial charge is 0.453 e. The van der Waals surface area contributed by atoms with Crippen LogP contribution in [-0.4, -0.2) is 35.5 Å². The Labute approximate surface area is 120 Å². The van der Waals surface area contributed by atoms with E-state index in [1.54, 1.807) is 0 Å². The molecule has 0 aromatic carbocycles. The van der Waals surface area contributed by atoms with E-state index in [-0.39, 0.29) is 13.8 Å². The maximum Gasteiger partial charge on any atom is 0.453 e. The molecule has 0 saturated heterocycles. The average molecular weight is 350 g/mol. The Kier molecular flexibility index (Phi) is 5.25. The van der Waals surface area contributed by atoms with E-state index in [2.05, 4.69) is 9.47 Å². The summed E-state index contributed by atoms with van der Waals surface area (Å²) in [6.45, 7) is 1.92. The van der Waals surface area contributed by atoms with Crippen LogP contribution >= 0.6 is 0 Å². The van der Waals surface area contributed by atoms with Gasteiger partial charge in [0.1, 0.15) is 0 Å². The Morgan fingerprint density at radius 2 is 0.864 bits per heavy atom. The molecule has 11 heteroatoms. The van der Waals surface area contributed by atoms with E-state index in [1.165, 1.54) is 0 Å². The lowest BCUT2D eigenvalue weighted by Crippen LogP contribution is -2.67. The van der Waals surface area contributed by atoms with Crippen LogP contribution in [0.3, 0.4) is 0 Å². The SMILES string of the molecule is CC(C)(C)OC(OC(C)(F)C(C)(F)F)(C(F)(F)F)C(F)(F)F. The van der Waals surface area contributed by atoms with Crippen molar-refractivity contribution >= 4 is 0 Å². The molecule has 0 amide bonds. The fourth-order valence-electron chi connectivity index (χ4n) is 1.20. The summed E-state index contributed by atoms with van der Waals surface area (Å²) in [6, 6.07) is 0. The van der Waals surface area contributed by atoms with E-state index in [9.17, 15) is 39.5 Å². The Hall–Kier alpha value is -0.710. The predicted molar refractivity (Wildman–Crippen MR) is 56.9 cm³/mol. The number of rotatable bonds is 4. The molecule has 0 fully saturated rings. The minimum absolute atomic E-state index is 0.221. The van der Waals surface area contributed by atoms with Crippen LogP contribution in [0.15, 0.2) is 0 Å². The van der Waals surface area contributed by atoms with Crippen molar-refractivity contribution < 1.29 is 49.0 Å². The van der Waals surface area contributed by atoms with Crippen LogP contribution in [0.1, 0.15) is 34.6 Å². The zero-order valence-corrected chi connectivity index (χ0v) is 12.2. The molecule has 0 aromatic heterocycles. The topological polar surface area (TPSA) is 18.5 Å². The van der Waals surface area contributed by atoms with Crippen molar-refractivity contribution in [2.75, 3.05) is 0 Å². The van der Waals surface area contributed by atoms with E-state index in [1.807, 2.05) is 0 Å². The highest BCUT2D eigenvalue weighted by molar-refractivity contribution is 4.93. The van der Waals surface area contributed by atoms with Crippen LogP contribution in [0, 0.1) is 0 Å². The molecule has 0 heterocycles. The molecule has 22 heavy (non-hydrogen) atoms. The highest BCUT2D eigenvalue weighted by Crippen LogP contribution is 2.52. The third-order valence-corrected chi connectivity index (χ3v) is 2.32. The minimum atomic E-state index is -6.36. The van der Waals surface area contributed by atoms with Crippen LogP contribution in [0.5, 0.6) is 0 Å². The molecule has 0 radical (unpaired) electrons. The molecule has 2 nitrogen and oxygen atoms in total. The van der Waals surface area contributed by atoms with Gasteiger partial charge in [-0.1, -0.05) is 0 Å². The maximum absolute atomic E-state index is 13.7. The Balaban J connectivity index is 6.22. The van der Waals surface area contributed by atoms with E-state index >= 15 is 0 Å².